The SMILES string of the molecule is C[C@H](O)Cn1ccnc1-c1ccc(F)cc1. The van der Waals surface area contributed by atoms with Gasteiger partial charge in [0.25, 0.3) is 0 Å². The minimum Gasteiger partial charge on any atom is -0.392 e. The number of hydrogen-bond donors (Lipinski definition) is 1. The minimum atomic E-state index is -0.437. The molecule has 0 bridgehead atoms. The van der Waals surface area contributed by atoms with Gasteiger partial charge < -0.3 is 9.67 Å². The molecule has 1 aromatic carbocycles. The summed E-state index contributed by atoms with van der Waals surface area (Å²) in [6.07, 6.45) is 3.03. The summed E-state index contributed by atoms with van der Waals surface area (Å²) in [5, 5.41) is 9.33. The Kier molecular flexibility index (Phi) is 3.01. The fourth-order valence-corrected chi connectivity index (χ4v) is 1.60. The summed E-state index contributed by atoms with van der Waals surface area (Å²) in [5.74, 6) is 0.471. The lowest BCUT2D eigenvalue weighted by molar-refractivity contribution is 0.174. The Morgan fingerprint density at radius 3 is 2.69 bits per heavy atom. The first-order valence-electron chi connectivity index (χ1n) is 5.12. The molecule has 0 fully saturated rings. The predicted octanol–water partition coefficient (Wildman–Crippen LogP) is 2.07. The highest BCUT2D eigenvalue weighted by molar-refractivity contribution is 5.55. The number of aliphatic hydroxyl groups excluding tert-OH is 1. The highest BCUT2D eigenvalue weighted by atomic mass is 19.1. The zero-order chi connectivity index (χ0) is 11.5. The van der Waals surface area contributed by atoms with Crippen LogP contribution in [0.1, 0.15) is 6.92 Å². The summed E-state index contributed by atoms with van der Waals surface area (Å²) >= 11 is 0. The molecule has 0 aliphatic heterocycles. The van der Waals surface area contributed by atoms with E-state index in [0.29, 0.717) is 6.54 Å². The molecule has 0 unspecified atom stereocenters. The van der Waals surface area contributed by atoms with Gasteiger partial charge in [-0.25, -0.2) is 9.37 Å². The Morgan fingerprint density at radius 1 is 1.38 bits per heavy atom. The van der Waals surface area contributed by atoms with Crippen LogP contribution in [-0.2, 0) is 6.54 Å². The number of hydrogen-bond acceptors (Lipinski definition) is 2. The molecule has 2 rings (SSSR count). The summed E-state index contributed by atoms with van der Waals surface area (Å²) < 4.78 is 14.6. The van der Waals surface area contributed by atoms with E-state index in [-0.39, 0.29) is 5.82 Å². The Morgan fingerprint density at radius 2 is 2.06 bits per heavy atom. The number of halogens is 1. The number of aromatic nitrogens is 2. The minimum absolute atomic E-state index is 0.266. The second-order valence-corrected chi connectivity index (χ2v) is 3.76. The molecule has 1 heterocycles. The van der Waals surface area contributed by atoms with Crippen LogP contribution in [0.25, 0.3) is 11.4 Å². The van der Waals surface area contributed by atoms with Crippen LogP contribution in [0.4, 0.5) is 4.39 Å². The molecule has 0 saturated carbocycles. The zero-order valence-electron chi connectivity index (χ0n) is 8.97. The van der Waals surface area contributed by atoms with Gasteiger partial charge in [0, 0.05) is 24.5 Å². The van der Waals surface area contributed by atoms with Crippen LogP contribution in [-0.4, -0.2) is 20.8 Å². The lowest BCUT2D eigenvalue weighted by Crippen LogP contribution is -2.11. The van der Waals surface area contributed by atoms with Crippen molar-refractivity contribution >= 4 is 0 Å². The first kappa shape index (κ1) is 10.8. The standard InChI is InChI=1S/C12H13FN2O/c1-9(16)8-15-7-6-14-12(15)10-2-4-11(13)5-3-10/h2-7,9,16H,8H2,1H3/t9-/m0/s1. The maximum atomic E-state index is 12.8. The Balaban J connectivity index is 2.33. The lowest BCUT2D eigenvalue weighted by atomic mass is 10.2. The van der Waals surface area contributed by atoms with Gasteiger partial charge in [0.1, 0.15) is 11.6 Å². The van der Waals surface area contributed by atoms with E-state index in [2.05, 4.69) is 4.98 Å². The first-order valence-corrected chi connectivity index (χ1v) is 5.12. The van der Waals surface area contributed by atoms with Gasteiger partial charge in [-0.05, 0) is 31.2 Å². The second kappa shape index (κ2) is 4.45. The molecule has 2 aromatic rings. The molecule has 16 heavy (non-hydrogen) atoms. The number of aliphatic hydroxyl groups is 1. The monoisotopic (exact) mass is 220 g/mol. The fraction of sp³-hybridized carbons (Fsp3) is 0.250. The molecule has 4 heteroatoms. The third kappa shape index (κ3) is 2.28. The van der Waals surface area contributed by atoms with Crippen LogP contribution in [0.3, 0.4) is 0 Å². The molecule has 0 amide bonds. The van der Waals surface area contributed by atoms with Gasteiger partial charge in [-0.3, -0.25) is 0 Å². The van der Waals surface area contributed by atoms with E-state index in [4.69, 9.17) is 0 Å². The summed E-state index contributed by atoms with van der Waals surface area (Å²) in [6, 6.07) is 6.15. The quantitative estimate of drug-likeness (QED) is 0.859. The highest BCUT2D eigenvalue weighted by Gasteiger charge is 2.07. The van der Waals surface area contributed by atoms with Crippen molar-refractivity contribution in [2.24, 2.45) is 0 Å². The third-order valence-electron chi connectivity index (χ3n) is 2.28. The molecular weight excluding hydrogens is 207 g/mol. The smallest absolute Gasteiger partial charge is 0.139 e. The van der Waals surface area contributed by atoms with Crippen molar-refractivity contribution in [3.8, 4) is 11.4 Å². The van der Waals surface area contributed by atoms with Gasteiger partial charge in [-0.2, -0.15) is 0 Å². The Labute approximate surface area is 93.2 Å². The van der Waals surface area contributed by atoms with E-state index >= 15 is 0 Å². The van der Waals surface area contributed by atoms with Gasteiger partial charge >= 0.3 is 0 Å². The van der Waals surface area contributed by atoms with Crippen molar-refractivity contribution in [3.05, 3.63) is 42.5 Å². The van der Waals surface area contributed by atoms with Gasteiger partial charge in [-0.15, -0.1) is 0 Å². The second-order valence-electron chi connectivity index (χ2n) is 3.76. The van der Waals surface area contributed by atoms with E-state index < -0.39 is 6.10 Å². The molecule has 1 N–H and O–H groups in total. The summed E-state index contributed by atoms with van der Waals surface area (Å²) in [4.78, 5) is 4.20. The fourth-order valence-electron chi connectivity index (χ4n) is 1.60. The summed E-state index contributed by atoms with van der Waals surface area (Å²) in [6.45, 7) is 2.20. The average Bonchev–Trinajstić information content (AvgIpc) is 2.66. The third-order valence-corrected chi connectivity index (χ3v) is 2.28. The highest BCUT2D eigenvalue weighted by Crippen LogP contribution is 2.17. The van der Waals surface area contributed by atoms with Gasteiger partial charge in [0.05, 0.1) is 6.10 Å². The van der Waals surface area contributed by atoms with E-state index in [1.165, 1.54) is 12.1 Å². The molecule has 0 aliphatic carbocycles. The van der Waals surface area contributed by atoms with Crippen LogP contribution in [0, 0.1) is 5.82 Å². The van der Waals surface area contributed by atoms with E-state index in [1.807, 2.05) is 4.57 Å². The molecule has 3 nitrogen and oxygen atoms in total. The van der Waals surface area contributed by atoms with Crippen molar-refractivity contribution in [3.63, 3.8) is 0 Å². The number of rotatable bonds is 3. The normalized spacial score (nSPS) is 12.7. The molecular formula is C12H13FN2O. The summed E-state index contributed by atoms with van der Waals surface area (Å²) in [7, 11) is 0. The van der Waals surface area contributed by atoms with Crippen LogP contribution in [0.5, 0.6) is 0 Å². The van der Waals surface area contributed by atoms with Crippen molar-refractivity contribution in [2.75, 3.05) is 0 Å². The molecule has 0 spiro atoms. The van der Waals surface area contributed by atoms with Gasteiger partial charge in [0.2, 0.25) is 0 Å². The van der Waals surface area contributed by atoms with E-state index in [1.54, 1.807) is 31.5 Å². The molecule has 0 aliphatic rings. The molecule has 0 saturated heterocycles. The molecule has 84 valence electrons. The number of nitrogens with zero attached hydrogens (tertiary/aromatic N) is 2. The first-order chi connectivity index (χ1) is 7.66. The Bertz CT molecular complexity index is 462. The maximum Gasteiger partial charge on any atom is 0.139 e. The predicted molar refractivity (Wildman–Crippen MR) is 59.3 cm³/mol. The molecule has 0 radical (unpaired) electrons. The van der Waals surface area contributed by atoms with Crippen molar-refractivity contribution in [1.29, 1.82) is 0 Å². The Hall–Kier alpha value is -1.68. The largest absolute Gasteiger partial charge is 0.392 e. The average molecular weight is 220 g/mol. The summed E-state index contributed by atoms with van der Waals surface area (Å²) in [5.41, 5.74) is 0.840. The van der Waals surface area contributed by atoms with Crippen LogP contribution >= 0.6 is 0 Å². The van der Waals surface area contributed by atoms with Crippen molar-refractivity contribution in [1.82, 2.24) is 9.55 Å². The van der Waals surface area contributed by atoms with Crippen LogP contribution < -0.4 is 0 Å². The van der Waals surface area contributed by atoms with Gasteiger partial charge in [0.15, 0.2) is 0 Å². The van der Waals surface area contributed by atoms with Crippen LogP contribution in [0.15, 0.2) is 36.7 Å². The maximum absolute atomic E-state index is 12.8. The molecule has 1 atom stereocenters. The van der Waals surface area contributed by atoms with Gasteiger partial charge in [-0.1, -0.05) is 0 Å². The van der Waals surface area contributed by atoms with E-state index in [9.17, 15) is 9.50 Å². The number of imidazole rings is 1. The van der Waals surface area contributed by atoms with Crippen LogP contribution in [0.2, 0.25) is 0 Å². The zero-order valence-corrected chi connectivity index (χ0v) is 8.97. The molecule has 1 aromatic heterocycles. The van der Waals surface area contributed by atoms with Crippen molar-refractivity contribution in [2.45, 2.75) is 19.6 Å². The topological polar surface area (TPSA) is 38.0 Å². The lowest BCUT2D eigenvalue weighted by Gasteiger charge is -2.09. The van der Waals surface area contributed by atoms with Crippen molar-refractivity contribution < 1.29 is 9.50 Å². The van der Waals surface area contributed by atoms with E-state index in [0.717, 1.165) is 11.4 Å². The number of benzene rings is 1.